The SMILES string of the molecule is CC(C)=CC(CC[N+]1(C)CCCCC1)c1ccccc1.[I-]. The topological polar surface area (TPSA) is 0 Å². The average molecular weight is 399 g/mol. The van der Waals surface area contributed by atoms with Crippen molar-refractivity contribution >= 4 is 0 Å². The Kier molecular flexibility index (Phi) is 7.96. The molecule has 0 bridgehead atoms. The third kappa shape index (κ3) is 6.11. The van der Waals surface area contributed by atoms with Gasteiger partial charge in [-0.15, -0.1) is 0 Å². The van der Waals surface area contributed by atoms with Gasteiger partial charge in [0.05, 0.1) is 26.7 Å². The monoisotopic (exact) mass is 399 g/mol. The molecular formula is C19H30IN. The van der Waals surface area contributed by atoms with E-state index in [1.807, 2.05) is 0 Å². The number of hydrogen-bond acceptors (Lipinski definition) is 0. The lowest BCUT2D eigenvalue weighted by molar-refractivity contribution is -0.914. The summed E-state index contributed by atoms with van der Waals surface area (Å²) in [5.41, 5.74) is 2.90. The Labute approximate surface area is 148 Å². The first-order valence-electron chi connectivity index (χ1n) is 8.13. The number of rotatable bonds is 5. The minimum absolute atomic E-state index is 0. The standard InChI is InChI=1S/C19H30N.HI/c1-17(2)16-19(18-10-6-4-7-11-18)12-15-20(3)13-8-5-9-14-20;/h4,6-7,10-11,16,19H,5,8-9,12-15H2,1-3H3;1H/q+1;/p-1. The van der Waals surface area contributed by atoms with Crippen LogP contribution in [0.1, 0.15) is 51.0 Å². The van der Waals surface area contributed by atoms with E-state index in [9.17, 15) is 0 Å². The molecular weight excluding hydrogens is 369 g/mol. The van der Waals surface area contributed by atoms with Crippen molar-refractivity contribution in [1.82, 2.24) is 0 Å². The highest BCUT2D eigenvalue weighted by Gasteiger charge is 2.25. The van der Waals surface area contributed by atoms with E-state index in [1.165, 1.54) is 60.9 Å². The lowest BCUT2D eigenvalue weighted by atomic mass is 9.93. The van der Waals surface area contributed by atoms with Crippen LogP contribution in [0.3, 0.4) is 0 Å². The van der Waals surface area contributed by atoms with Crippen LogP contribution in [0.5, 0.6) is 0 Å². The fraction of sp³-hybridized carbons (Fsp3) is 0.579. The molecule has 1 aliphatic rings. The zero-order valence-electron chi connectivity index (χ0n) is 13.8. The fourth-order valence-corrected chi connectivity index (χ4v) is 3.40. The number of allylic oxidation sites excluding steroid dienone is 2. The number of benzene rings is 1. The molecule has 2 rings (SSSR count). The molecule has 0 aliphatic carbocycles. The Hall–Kier alpha value is -0.350. The van der Waals surface area contributed by atoms with Crippen LogP contribution in [-0.2, 0) is 0 Å². The van der Waals surface area contributed by atoms with E-state index < -0.39 is 0 Å². The first-order valence-corrected chi connectivity index (χ1v) is 8.13. The van der Waals surface area contributed by atoms with Crippen molar-refractivity contribution in [1.29, 1.82) is 0 Å². The van der Waals surface area contributed by atoms with Gasteiger partial charge in [0.25, 0.3) is 0 Å². The molecule has 21 heavy (non-hydrogen) atoms. The summed E-state index contributed by atoms with van der Waals surface area (Å²) < 4.78 is 1.28. The van der Waals surface area contributed by atoms with Gasteiger partial charge in [0.15, 0.2) is 0 Å². The average Bonchev–Trinajstić information content (AvgIpc) is 2.45. The summed E-state index contributed by atoms with van der Waals surface area (Å²) >= 11 is 0. The zero-order chi connectivity index (χ0) is 14.4. The predicted octanol–water partition coefficient (Wildman–Crippen LogP) is 1.76. The lowest BCUT2D eigenvalue weighted by Crippen LogP contribution is -3.00. The van der Waals surface area contributed by atoms with Gasteiger partial charge in [-0.2, -0.15) is 0 Å². The van der Waals surface area contributed by atoms with Gasteiger partial charge in [0.1, 0.15) is 0 Å². The van der Waals surface area contributed by atoms with Gasteiger partial charge in [-0.25, -0.2) is 0 Å². The maximum atomic E-state index is 2.45. The molecule has 1 saturated heterocycles. The number of halogens is 1. The van der Waals surface area contributed by atoms with E-state index in [4.69, 9.17) is 0 Å². The van der Waals surface area contributed by atoms with E-state index >= 15 is 0 Å². The number of nitrogens with zero attached hydrogens (tertiary/aromatic N) is 1. The molecule has 1 aliphatic heterocycles. The summed E-state index contributed by atoms with van der Waals surface area (Å²) in [5.74, 6) is 0.582. The van der Waals surface area contributed by atoms with E-state index in [-0.39, 0.29) is 24.0 Å². The smallest absolute Gasteiger partial charge is 0.0793 e. The summed E-state index contributed by atoms with van der Waals surface area (Å²) in [4.78, 5) is 0. The second kappa shape index (κ2) is 8.94. The summed E-state index contributed by atoms with van der Waals surface area (Å²) in [7, 11) is 2.45. The quantitative estimate of drug-likeness (QED) is 0.402. The molecule has 0 spiro atoms. The number of likely N-dealkylation sites (tertiary alicyclic amines) is 1. The summed E-state index contributed by atoms with van der Waals surface area (Å²) in [5, 5.41) is 0. The van der Waals surface area contributed by atoms with Crippen LogP contribution >= 0.6 is 0 Å². The Morgan fingerprint density at radius 1 is 1.10 bits per heavy atom. The molecule has 1 heterocycles. The van der Waals surface area contributed by atoms with Crippen molar-refractivity contribution in [3.05, 3.63) is 47.5 Å². The molecule has 118 valence electrons. The largest absolute Gasteiger partial charge is 1.00 e. The fourth-order valence-electron chi connectivity index (χ4n) is 3.40. The zero-order valence-corrected chi connectivity index (χ0v) is 16.0. The molecule has 1 aromatic rings. The normalized spacial score (nSPS) is 18.4. The Morgan fingerprint density at radius 3 is 2.29 bits per heavy atom. The molecule has 1 fully saturated rings. The molecule has 0 N–H and O–H groups in total. The first kappa shape index (κ1) is 18.7. The lowest BCUT2D eigenvalue weighted by Gasteiger charge is -2.38. The number of quaternary nitrogens is 1. The summed E-state index contributed by atoms with van der Waals surface area (Å²) in [6.07, 6.45) is 7.98. The van der Waals surface area contributed by atoms with Gasteiger partial charge in [0.2, 0.25) is 0 Å². The summed E-state index contributed by atoms with van der Waals surface area (Å²) in [6, 6.07) is 11.0. The van der Waals surface area contributed by atoms with Gasteiger partial charge in [0, 0.05) is 12.3 Å². The van der Waals surface area contributed by atoms with Crippen LogP contribution in [0.25, 0.3) is 0 Å². The highest BCUT2D eigenvalue weighted by atomic mass is 127. The number of piperidine rings is 1. The predicted molar refractivity (Wildman–Crippen MR) is 87.9 cm³/mol. The van der Waals surface area contributed by atoms with Crippen LogP contribution in [-0.4, -0.2) is 31.2 Å². The Balaban J connectivity index is 0.00000220. The van der Waals surface area contributed by atoms with Crippen molar-refractivity contribution in [3.63, 3.8) is 0 Å². The molecule has 0 saturated carbocycles. The van der Waals surface area contributed by atoms with Crippen LogP contribution in [0.15, 0.2) is 42.0 Å². The molecule has 1 unspecified atom stereocenters. The van der Waals surface area contributed by atoms with Gasteiger partial charge in [-0.1, -0.05) is 42.0 Å². The highest BCUT2D eigenvalue weighted by Crippen LogP contribution is 2.26. The van der Waals surface area contributed by atoms with Gasteiger partial charge in [-0.3, -0.25) is 0 Å². The molecule has 1 aromatic carbocycles. The highest BCUT2D eigenvalue weighted by molar-refractivity contribution is 5.24. The first-order chi connectivity index (χ1) is 9.59. The Morgan fingerprint density at radius 2 is 1.71 bits per heavy atom. The minimum Gasteiger partial charge on any atom is -1.00 e. The van der Waals surface area contributed by atoms with Crippen LogP contribution in [0, 0.1) is 0 Å². The van der Waals surface area contributed by atoms with Crippen molar-refractivity contribution in [3.8, 4) is 0 Å². The number of hydrogen-bond donors (Lipinski definition) is 0. The van der Waals surface area contributed by atoms with Crippen molar-refractivity contribution in [2.75, 3.05) is 26.7 Å². The maximum absolute atomic E-state index is 2.45. The van der Waals surface area contributed by atoms with E-state index in [0.29, 0.717) is 5.92 Å². The van der Waals surface area contributed by atoms with Crippen LogP contribution in [0.4, 0.5) is 0 Å². The molecule has 2 heteroatoms. The maximum Gasteiger partial charge on any atom is 0.0793 e. The van der Waals surface area contributed by atoms with E-state index in [0.717, 1.165) is 0 Å². The van der Waals surface area contributed by atoms with Crippen molar-refractivity contribution in [2.45, 2.75) is 45.4 Å². The third-order valence-electron chi connectivity index (χ3n) is 4.64. The molecule has 0 radical (unpaired) electrons. The molecule has 0 aromatic heterocycles. The third-order valence-corrected chi connectivity index (χ3v) is 4.64. The second-order valence-electron chi connectivity index (χ2n) is 6.90. The van der Waals surface area contributed by atoms with Crippen molar-refractivity contribution < 1.29 is 28.5 Å². The molecule has 1 nitrogen and oxygen atoms in total. The van der Waals surface area contributed by atoms with Gasteiger partial charge < -0.3 is 28.5 Å². The van der Waals surface area contributed by atoms with Crippen LogP contribution in [0.2, 0.25) is 0 Å². The van der Waals surface area contributed by atoms with Gasteiger partial charge >= 0.3 is 0 Å². The van der Waals surface area contributed by atoms with Gasteiger partial charge in [-0.05, 0) is 38.7 Å². The van der Waals surface area contributed by atoms with Crippen LogP contribution < -0.4 is 24.0 Å². The summed E-state index contributed by atoms with van der Waals surface area (Å²) in [6.45, 7) is 8.48. The van der Waals surface area contributed by atoms with Crippen molar-refractivity contribution in [2.24, 2.45) is 0 Å². The van der Waals surface area contributed by atoms with E-state index in [1.54, 1.807) is 0 Å². The minimum atomic E-state index is 0. The Bertz CT molecular complexity index is 428. The van der Waals surface area contributed by atoms with E-state index in [2.05, 4.69) is 57.3 Å². The molecule has 1 atom stereocenters. The molecule has 0 amide bonds. The second-order valence-corrected chi connectivity index (χ2v) is 6.90.